The van der Waals surface area contributed by atoms with E-state index in [9.17, 15) is 9.59 Å². The van der Waals surface area contributed by atoms with Gasteiger partial charge in [0.05, 0.1) is 0 Å². The minimum Gasteiger partial charge on any atom is -0.341 e. The van der Waals surface area contributed by atoms with Crippen LogP contribution in [0.25, 0.3) is 0 Å². The van der Waals surface area contributed by atoms with Gasteiger partial charge < -0.3 is 9.80 Å². The summed E-state index contributed by atoms with van der Waals surface area (Å²) in [5.41, 5.74) is 0. The first-order valence-corrected chi connectivity index (χ1v) is 6.87. The second-order valence-electron chi connectivity index (χ2n) is 5.91. The van der Waals surface area contributed by atoms with E-state index >= 15 is 0 Å². The zero-order valence-corrected chi connectivity index (χ0v) is 12.3. The molecule has 0 spiro atoms. The first kappa shape index (κ1) is 15.0. The van der Waals surface area contributed by atoms with Crippen molar-refractivity contribution in [2.75, 3.05) is 26.2 Å². The normalized spacial score (nSPS) is 21.4. The highest BCUT2D eigenvalue weighted by Gasteiger charge is 2.29. The predicted octanol–water partition coefficient (Wildman–Crippen LogP) is 1.61. The van der Waals surface area contributed by atoms with Gasteiger partial charge in [0, 0.05) is 39.0 Å². The zero-order chi connectivity index (χ0) is 13.9. The van der Waals surface area contributed by atoms with E-state index < -0.39 is 0 Å². The van der Waals surface area contributed by atoms with E-state index in [0.29, 0.717) is 24.9 Å². The molecule has 0 radical (unpaired) electrons. The molecule has 18 heavy (non-hydrogen) atoms. The first-order chi connectivity index (χ1) is 8.32. The second-order valence-corrected chi connectivity index (χ2v) is 5.91. The van der Waals surface area contributed by atoms with Crippen LogP contribution in [0, 0.1) is 17.8 Å². The molecule has 1 rings (SSSR count). The van der Waals surface area contributed by atoms with Gasteiger partial charge >= 0.3 is 0 Å². The van der Waals surface area contributed by atoms with Crippen molar-refractivity contribution in [3.8, 4) is 0 Å². The summed E-state index contributed by atoms with van der Waals surface area (Å²) in [6, 6.07) is 0. The fourth-order valence-electron chi connectivity index (χ4n) is 2.32. The third-order valence-corrected chi connectivity index (χ3v) is 3.74. The SMILES string of the molecule is CC(=O)N1CCN(C(=O)C(C)C)C[C@H](C(C)C)C1. The molecule has 1 heterocycles. The smallest absolute Gasteiger partial charge is 0.225 e. The quantitative estimate of drug-likeness (QED) is 0.751. The van der Waals surface area contributed by atoms with Crippen molar-refractivity contribution in [2.45, 2.75) is 34.6 Å². The Hall–Kier alpha value is -1.06. The van der Waals surface area contributed by atoms with Gasteiger partial charge in [0.25, 0.3) is 0 Å². The Morgan fingerprint density at radius 1 is 1.00 bits per heavy atom. The molecule has 1 atom stereocenters. The van der Waals surface area contributed by atoms with Crippen molar-refractivity contribution < 1.29 is 9.59 Å². The molecular weight excluding hydrogens is 228 g/mol. The van der Waals surface area contributed by atoms with Crippen molar-refractivity contribution in [3.05, 3.63) is 0 Å². The second kappa shape index (κ2) is 6.21. The van der Waals surface area contributed by atoms with Gasteiger partial charge in [-0.2, -0.15) is 0 Å². The lowest BCUT2D eigenvalue weighted by Crippen LogP contribution is -2.39. The molecule has 0 saturated carbocycles. The number of rotatable bonds is 2. The number of hydrogen-bond donors (Lipinski definition) is 0. The van der Waals surface area contributed by atoms with E-state index in [-0.39, 0.29) is 17.7 Å². The Morgan fingerprint density at radius 3 is 1.94 bits per heavy atom. The number of carbonyl (C=O) groups is 2. The van der Waals surface area contributed by atoms with Crippen LogP contribution in [-0.2, 0) is 9.59 Å². The Morgan fingerprint density at radius 2 is 1.50 bits per heavy atom. The van der Waals surface area contributed by atoms with Gasteiger partial charge in [-0.1, -0.05) is 27.7 Å². The fraction of sp³-hybridized carbons (Fsp3) is 0.857. The van der Waals surface area contributed by atoms with E-state index in [1.54, 1.807) is 6.92 Å². The number of amides is 2. The molecule has 0 N–H and O–H groups in total. The molecule has 0 aromatic heterocycles. The average Bonchev–Trinajstić information content (AvgIpc) is 2.50. The van der Waals surface area contributed by atoms with E-state index in [2.05, 4.69) is 13.8 Å². The summed E-state index contributed by atoms with van der Waals surface area (Å²) in [6.07, 6.45) is 0. The van der Waals surface area contributed by atoms with Gasteiger partial charge in [-0.3, -0.25) is 9.59 Å². The van der Waals surface area contributed by atoms with Gasteiger partial charge in [0.1, 0.15) is 0 Å². The molecular formula is C14H26N2O2. The van der Waals surface area contributed by atoms with Gasteiger partial charge in [0.15, 0.2) is 0 Å². The molecule has 0 aromatic rings. The Labute approximate surface area is 110 Å². The molecule has 2 amide bonds. The van der Waals surface area contributed by atoms with Gasteiger partial charge in [0.2, 0.25) is 11.8 Å². The van der Waals surface area contributed by atoms with Crippen LogP contribution in [0.4, 0.5) is 0 Å². The largest absolute Gasteiger partial charge is 0.341 e. The van der Waals surface area contributed by atoms with Crippen molar-refractivity contribution in [1.82, 2.24) is 9.80 Å². The molecule has 0 aromatic carbocycles. The summed E-state index contributed by atoms with van der Waals surface area (Å²) in [6.45, 7) is 12.7. The minimum absolute atomic E-state index is 0.0293. The molecule has 1 fully saturated rings. The highest BCUT2D eigenvalue weighted by Crippen LogP contribution is 2.19. The molecule has 0 bridgehead atoms. The zero-order valence-electron chi connectivity index (χ0n) is 12.3. The molecule has 1 aliphatic rings. The van der Waals surface area contributed by atoms with Crippen LogP contribution in [0.2, 0.25) is 0 Å². The topological polar surface area (TPSA) is 40.6 Å². The predicted molar refractivity (Wildman–Crippen MR) is 72.0 cm³/mol. The van der Waals surface area contributed by atoms with Crippen molar-refractivity contribution in [2.24, 2.45) is 17.8 Å². The van der Waals surface area contributed by atoms with E-state index in [0.717, 1.165) is 13.1 Å². The number of nitrogens with zero attached hydrogens (tertiary/aromatic N) is 2. The maximum Gasteiger partial charge on any atom is 0.225 e. The fourth-order valence-corrected chi connectivity index (χ4v) is 2.32. The first-order valence-electron chi connectivity index (χ1n) is 6.87. The lowest BCUT2D eigenvalue weighted by Gasteiger charge is -2.27. The maximum absolute atomic E-state index is 12.1. The third-order valence-electron chi connectivity index (χ3n) is 3.74. The third kappa shape index (κ3) is 3.72. The van der Waals surface area contributed by atoms with Gasteiger partial charge in [-0.15, -0.1) is 0 Å². The van der Waals surface area contributed by atoms with Crippen LogP contribution in [0.1, 0.15) is 34.6 Å². The van der Waals surface area contributed by atoms with Crippen LogP contribution < -0.4 is 0 Å². The maximum atomic E-state index is 12.1. The molecule has 4 heteroatoms. The summed E-state index contributed by atoms with van der Waals surface area (Å²) < 4.78 is 0. The molecule has 104 valence electrons. The van der Waals surface area contributed by atoms with Gasteiger partial charge in [-0.05, 0) is 11.8 Å². The van der Waals surface area contributed by atoms with Crippen molar-refractivity contribution in [3.63, 3.8) is 0 Å². The summed E-state index contributed by atoms with van der Waals surface area (Å²) >= 11 is 0. The summed E-state index contributed by atoms with van der Waals surface area (Å²) in [7, 11) is 0. The molecule has 4 nitrogen and oxygen atoms in total. The van der Waals surface area contributed by atoms with Gasteiger partial charge in [-0.25, -0.2) is 0 Å². The van der Waals surface area contributed by atoms with E-state index in [4.69, 9.17) is 0 Å². The highest BCUT2D eigenvalue weighted by molar-refractivity contribution is 5.78. The minimum atomic E-state index is 0.0293. The van der Waals surface area contributed by atoms with Crippen LogP contribution in [-0.4, -0.2) is 47.8 Å². The Balaban J connectivity index is 2.80. The summed E-state index contributed by atoms with van der Waals surface area (Å²) in [5.74, 6) is 1.19. The standard InChI is InChI=1S/C14H26N2O2/c1-10(2)13-8-15(12(5)17)6-7-16(9-13)14(18)11(3)4/h10-11,13H,6-9H2,1-5H3/t13-/m1/s1. The lowest BCUT2D eigenvalue weighted by molar-refractivity contribution is -0.135. The molecule has 1 aliphatic heterocycles. The number of hydrogen-bond acceptors (Lipinski definition) is 2. The Kier molecular flexibility index (Phi) is 5.17. The van der Waals surface area contributed by atoms with Crippen LogP contribution in [0.15, 0.2) is 0 Å². The lowest BCUT2D eigenvalue weighted by atomic mass is 9.94. The van der Waals surface area contributed by atoms with E-state index in [1.807, 2.05) is 23.6 Å². The molecule has 0 aliphatic carbocycles. The molecule has 1 saturated heterocycles. The summed E-state index contributed by atoms with van der Waals surface area (Å²) in [4.78, 5) is 27.5. The van der Waals surface area contributed by atoms with Crippen molar-refractivity contribution in [1.29, 1.82) is 0 Å². The Bertz CT molecular complexity index is 313. The summed E-state index contributed by atoms with van der Waals surface area (Å²) in [5, 5.41) is 0. The number of carbonyl (C=O) groups excluding carboxylic acids is 2. The average molecular weight is 254 g/mol. The molecule has 0 unspecified atom stereocenters. The monoisotopic (exact) mass is 254 g/mol. The van der Waals surface area contributed by atoms with Crippen molar-refractivity contribution >= 4 is 11.8 Å². The van der Waals surface area contributed by atoms with E-state index in [1.165, 1.54) is 0 Å². The highest BCUT2D eigenvalue weighted by atomic mass is 16.2. The van der Waals surface area contributed by atoms with Crippen LogP contribution in [0.5, 0.6) is 0 Å². The van der Waals surface area contributed by atoms with Crippen LogP contribution >= 0.6 is 0 Å². The van der Waals surface area contributed by atoms with Crippen LogP contribution in [0.3, 0.4) is 0 Å².